The standard InChI is InChI=1S/C24H25IN4O3/c1-17(7-5-6-13-28-16-19(12-14-30)26-27-28)24(32)21-15-18(25)10-11-22(21)29(23(24)31)20-8-3-2-4-9-20/h2-5,7-11,15-17,30,32H,6,12-14H2,1H3/b7-5+/t17-,24+/m1/s1. The summed E-state index contributed by atoms with van der Waals surface area (Å²) in [4.78, 5) is 15.2. The van der Waals surface area contributed by atoms with Gasteiger partial charge in [0.05, 0.1) is 11.4 Å². The average molecular weight is 544 g/mol. The number of carbonyl (C=O) groups is 1. The van der Waals surface area contributed by atoms with Gasteiger partial charge in [0, 0.05) is 46.5 Å². The molecule has 8 heteroatoms. The third-order valence-corrected chi connectivity index (χ3v) is 6.39. The van der Waals surface area contributed by atoms with E-state index in [2.05, 4.69) is 32.9 Å². The summed E-state index contributed by atoms with van der Waals surface area (Å²) in [7, 11) is 0. The van der Waals surface area contributed by atoms with Crippen LogP contribution < -0.4 is 4.90 Å². The lowest BCUT2D eigenvalue weighted by Gasteiger charge is -2.27. The summed E-state index contributed by atoms with van der Waals surface area (Å²) in [6.45, 7) is 2.53. The molecule has 7 nitrogen and oxygen atoms in total. The topological polar surface area (TPSA) is 91.5 Å². The van der Waals surface area contributed by atoms with Gasteiger partial charge in [-0.2, -0.15) is 0 Å². The van der Waals surface area contributed by atoms with Gasteiger partial charge in [0.1, 0.15) is 0 Å². The number of hydrogen-bond acceptors (Lipinski definition) is 5. The van der Waals surface area contributed by atoms with Gasteiger partial charge in [0.2, 0.25) is 0 Å². The minimum absolute atomic E-state index is 0.0448. The maximum absolute atomic E-state index is 13.6. The number of aromatic nitrogens is 3. The molecular formula is C24H25IN4O3. The Hall–Kier alpha value is -2.56. The third-order valence-electron chi connectivity index (χ3n) is 5.72. The highest BCUT2D eigenvalue weighted by atomic mass is 127. The summed E-state index contributed by atoms with van der Waals surface area (Å²) >= 11 is 2.20. The Morgan fingerprint density at radius 1 is 1.22 bits per heavy atom. The molecule has 0 saturated heterocycles. The minimum Gasteiger partial charge on any atom is -0.396 e. The number of allylic oxidation sites excluding steroid dienone is 1. The van der Waals surface area contributed by atoms with Crippen LogP contribution in [0.15, 0.2) is 66.9 Å². The molecule has 1 amide bonds. The number of amides is 1. The van der Waals surface area contributed by atoms with Crippen molar-refractivity contribution in [1.29, 1.82) is 0 Å². The summed E-state index contributed by atoms with van der Waals surface area (Å²) in [5.74, 6) is -0.774. The van der Waals surface area contributed by atoms with Crippen LogP contribution in [0.2, 0.25) is 0 Å². The highest BCUT2D eigenvalue weighted by Gasteiger charge is 2.53. The van der Waals surface area contributed by atoms with E-state index in [1.165, 1.54) is 0 Å². The zero-order valence-electron chi connectivity index (χ0n) is 17.7. The van der Waals surface area contributed by atoms with Crippen molar-refractivity contribution in [3.05, 3.63) is 81.7 Å². The first-order chi connectivity index (χ1) is 15.4. The number of anilines is 2. The Morgan fingerprint density at radius 3 is 2.75 bits per heavy atom. The minimum atomic E-state index is -1.65. The largest absolute Gasteiger partial charge is 0.396 e. The van der Waals surface area contributed by atoms with Gasteiger partial charge in [-0.15, -0.1) is 5.10 Å². The molecule has 2 atom stereocenters. The van der Waals surface area contributed by atoms with E-state index in [1.807, 2.05) is 73.8 Å². The van der Waals surface area contributed by atoms with Crippen molar-refractivity contribution in [2.45, 2.75) is 31.9 Å². The van der Waals surface area contributed by atoms with Crippen LogP contribution >= 0.6 is 22.6 Å². The first-order valence-corrected chi connectivity index (χ1v) is 11.6. The molecule has 3 aromatic rings. The molecule has 0 fully saturated rings. The molecule has 166 valence electrons. The maximum Gasteiger partial charge on any atom is 0.268 e. The van der Waals surface area contributed by atoms with E-state index in [1.54, 1.807) is 9.58 Å². The van der Waals surface area contributed by atoms with Crippen LogP contribution in [0.5, 0.6) is 0 Å². The molecule has 4 rings (SSSR count). The Labute approximate surface area is 200 Å². The number of rotatable bonds is 8. The van der Waals surface area contributed by atoms with Gasteiger partial charge in [0.15, 0.2) is 5.60 Å². The fraction of sp³-hybridized carbons (Fsp3) is 0.292. The molecule has 0 spiro atoms. The van der Waals surface area contributed by atoms with Crippen LogP contribution in [0.1, 0.15) is 24.6 Å². The Bertz CT molecular complexity index is 1130. The third kappa shape index (κ3) is 4.22. The summed E-state index contributed by atoms with van der Waals surface area (Å²) in [5.41, 5.74) is 1.17. The van der Waals surface area contributed by atoms with Crippen LogP contribution in [0, 0.1) is 9.49 Å². The van der Waals surface area contributed by atoms with Gasteiger partial charge in [-0.1, -0.05) is 42.5 Å². The van der Waals surface area contributed by atoms with Gasteiger partial charge in [-0.05, 0) is 59.3 Å². The van der Waals surface area contributed by atoms with Crippen molar-refractivity contribution < 1.29 is 15.0 Å². The highest BCUT2D eigenvalue weighted by molar-refractivity contribution is 14.1. The number of halogens is 1. The summed E-state index contributed by atoms with van der Waals surface area (Å²) < 4.78 is 2.69. The number of benzene rings is 2. The second-order valence-corrected chi connectivity index (χ2v) is 9.10. The number of hydrogen-bond donors (Lipinski definition) is 2. The molecule has 1 aliphatic rings. The lowest BCUT2D eigenvalue weighted by atomic mass is 9.83. The van der Waals surface area contributed by atoms with Crippen LogP contribution in [0.25, 0.3) is 0 Å². The second kappa shape index (κ2) is 9.51. The molecule has 0 radical (unpaired) electrons. The quantitative estimate of drug-likeness (QED) is 0.335. The number of carbonyl (C=O) groups excluding carboxylic acids is 1. The molecule has 0 aliphatic carbocycles. The van der Waals surface area contributed by atoms with E-state index in [4.69, 9.17) is 5.11 Å². The maximum atomic E-state index is 13.6. The first-order valence-electron chi connectivity index (χ1n) is 10.5. The lowest BCUT2D eigenvalue weighted by Crippen LogP contribution is -2.42. The number of para-hydroxylation sites is 1. The average Bonchev–Trinajstić information content (AvgIpc) is 3.33. The van der Waals surface area contributed by atoms with Crippen molar-refractivity contribution >= 4 is 39.9 Å². The smallest absolute Gasteiger partial charge is 0.268 e. The number of aliphatic hydroxyl groups excluding tert-OH is 1. The van der Waals surface area contributed by atoms with E-state index < -0.39 is 11.5 Å². The predicted octanol–water partition coefficient (Wildman–Crippen LogP) is 3.57. The number of fused-ring (bicyclic) bond motifs is 1. The Morgan fingerprint density at radius 2 is 2.00 bits per heavy atom. The summed E-state index contributed by atoms with van der Waals surface area (Å²) in [5, 5.41) is 28.8. The van der Waals surface area contributed by atoms with E-state index in [0.29, 0.717) is 30.6 Å². The first kappa shape index (κ1) is 22.6. The van der Waals surface area contributed by atoms with Crippen LogP contribution in [0.4, 0.5) is 11.4 Å². The molecule has 32 heavy (non-hydrogen) atoms. The summed E-state index contributed by atoms with van der Waals surface area (Å²) in [6.07, 6.45) is 6.83. The predicted molar refractivity (Wildman–Crippen MR) is 130 cm³/mol. The zero-order valence-corrected chi connectivity index (χ0v) is 19.9. The monoisotopic (exact) mass is 544 g/mol. The lowest BCUT2D eigenvalue weighted by molar-refractivity contribution is -0.138. The molecule has 2 N–H and O–H groups in total. The van der Waals surface area contributed by atoms with Crippen molar-refractivity contribution in [3.8, 4) is 0 Å². The molecular weight excluding hydrogens is 519 g/mol. The fourth-order valence-electron chi connectivity index (χ4n) is 4.00. The van der Waals surface area contributed by atoms with Crippen LogP contribution in [0.3, 0.4) is 0 Å². The van der Waals surface area contributed by atoms with E-state index in [-0.39, 0.29) is 12.5 Å². The fourth-order valence-corrected chi connectivity index (χ4v) is 4.49. The molecule has 0 bridgehead atoms. The summed E-state index contributed by atoms with van der Waals surface area (Å²) in [6, 6.07) is 15.1. The number of aryl methyl sites for hydroxylation is 1. The Kier molecular flexibility index (Phi) is 6.73. The van der Waals surface area contributed by atoms with Gasteiger partial charge in [-0.3, -0.25) is 14.4 Å². The van der Waals surface area contributed by atoms with Crippen LogP contribution in [-0.2, 0) is 23.4 Å². The molecule has 2 heterocycles. The van der Waals surface area contributed by atoms with Crippen molar-refractivity contribution in [2.24, 2.45) is 5.92 Å². The van der Waals surface area contributed by atoms with Crippen LogP contribution in [-0.4, -0.2) is 37.7 Å². The molecule has 1 aromatic heterocycles. The van der Waals surface area contributed by atoms with Gasteiger partial charge < -0.3 is 10.2 Å². The zero-order chi connectivity index (χ0) is 22.7. The number of nitrogens with zero attached hydrogens (tertiary/aromatic N) is 4. The van der Waals surface area contributed by atoms with Gasteiger partial charge >= 0.3 is 0 Å². The van der Waals surface area contributed by atoms with E-state index in [0.717, 1.165) is 15.0 Å². The van der Waals surface area contributed by atoms with Gasteiger partial charge in [0.25, 0.3) is 5.91 Å². The molecule has 1 aliphatic heterocycles. The van der Waals surface area contributed by atoms with Crippen molar-refractivity contribution in [1.82, 2.24) is 15.0 Å². The Balaban J connectivity index is 1.55. The van der Waals surface area contributed by atoms with Crippen molar-refractivity contribution in [3.63, 3.8) is 0 Å². The molecule has 0 saturated carbocycles. The molecule has 0 unspecified atom stereocenters. The SMILES string of the molecule is C[C@H](/C=C/CCn1cc(CCO)nn1)[C@@]1(O)C(=O)N(c2ccccc2)c2ccc(I)cc21. The normalized spacial score (nSPS) is 19.0. The van der Waals surface area contributed by atoms with E-state index >= 15 is 0 Å². The molecule has 2 aromatic carbocycles. The van der Waals surface area contributed by atoms with Gasteiger partial charge in [-0.25, -0.2) is 0 Å². The highest BCUT2D eigenvalue weighted by Crippen LogP contribution is 2.48. The second-order valence-electron chi connectivity index (χ2n) is 7.86. The number of aliphatic hydroxyl groups is 2. The van der Waals surface area contributed by atoms with E-state index in [9.17, 15) is 9.90 Å². The van der Waals surface area contributed by atoms with Crippen molar-refractivity contribution in [2.75, 3.05) is 11.5 Å².